The maximum Gasteiger partial charge on any atom is 0.317 e. The number of ketones is 2. The quantitative estimate of drug-likeness (QED) is 0.0707. The summed E-state index contributed by atoms with van der Waals surface area (Å²) in [5.41, 5.74) is -1.18. The molecule has 4 N–H and O–H groups in total. The SMILES string of the molecule is COC(CN(C)CC(=O)O)C(C)(C)NCCOCCOCC(=O)C(C)(C)NCCOCC[NH+]([O-])CC[C@H](C)C(C)=O. The summed E-state index contributed by atoms with van der Waals surface area (Å²) in [5.74, 6) is -0.971. The summed E-state index contributed by atoms with van der Waals surface area (Å²) in [5, 5.41) is 27.5. The average molecular weight is 593 g/mol. The van der Waals surface area contributed by atoms with Crippen LogP contribution in [-0.4, -0.2) is 138 Å². The lowest BCUT2D eigenvalue weighted by Gasteiger charge is -2.36. The van der Waals surface area contributed by atoms with E-state index in [1.165, 1.54) is 6.92 Å². The van der Waals surface area contributed by atoms with E-state index in [4.69, 9.17) is 24.1 Å². The van der Waals surface area contributed by atoms with Gasteiger partial charge in [0.15, 0.2) is 5.78 Å². The summed E-state index contributed by atoms with van der Waals surface area (Å²) in [4.78, 5) is 36.4. The number of carboxylic acid groups (broad SMARTS) is 1. The second kappa shape index (κ2) is 21.2. The number of nitrogens with zero attached hydrogens (tertiary/aromatic N) is 1. The van der Waals surface area contributed by atoms with Crippen LogP contribution >= 0.6 is 0 Å². The number of quaternary nitrogens is 1. The topological polar surface area (TPSA) is 163 Å². The highest BCUT2D eigenvalue weighted by atomic mass is 16.5. The lowest BCUT2D eigenvalue weighted by molar-refractivity contribution is -0.849. The zero-order valence-corrected chi connectivity index (χ0v) is 26.5. The third-order valence-electron chi connectivity index (χ3n) is 6.99. The minimum Gasteiger partial charge on any atom is -0.634 e. The van der Waals surface area contributed by atoms with Gasteiger partial charge in [0.25, 0.3) is 0 Å². The lowest BCUT2D eigenvalue weighted by Crippen LogP contribution is -3.07. The fourth-order valence-electron chi connectivity index (χ4n) is 3.83. The first-order chi connectivity index (χ1) is 19.1. The highest BCUT2D eigenvalue weighted by Crippen LogP contribution is 2.13. The first-order valence-electron chi connectivity index (χ1n) is 14.3. The van der Waals surface area contributed by atoms with E-state index >= 15 is 0 Å². The van der Waals surface area contributed by atoms with Gasteiger partial charge in [-0.15, -0.1) is 0 Å². The molecule has 0 amide bonds. The smallest absolute Gasteiger partial charge is 0.317 e. The summed E-state index contributed by atoms with van der Waals surface area (Å²) < 4.78 is 22.2. The number of likely N-dealkylation sites (N-methyl/N-ethyl adjacent to an activating group) is 1. The van der Waals surface area contributed by atoms with Crippen LogP contribution in [0.3, 0.4) is 0 Å². The third kappa shape index (κ3) is 19.3. The van der Waals surface area contributed by atoms with E-state index in [-0.39, 0.29) is 48.4 Å². The number of aliphatic carboxylic acids is 1. The molecule has 0 heterocycles. The van der Waals surface area contributed by atoms with Crippen molar-refractivity contribution >= 4 is 17.5 Å². The Balaban J connectivity index is 3.98. The molecule has 0 radical (unpaired) electrons. The molecule has 2 unspecified atom stereocenters. The fraction of sp³-hybridized carbons (Fsp3) is 0.893. The lowest BCUT2D eigenvalue weighted by atomic mass is 9.96. The Morgan fingerprint density at radius 2 is 1.54 bits per heavy atom. The second-order valence-corrected chi connectivity index (χ2v) is 11.6. The third-order valence-corrected chi connectivity index (χ3v) is 6.99. The maximum absolute atomic E-state index is 12.5. The Hall–Kier alpha value is -1.55. The minimum atomic E-state index is -0.884. The molecule has 3 atom stereocenters. The summed E-state index contributed by atoms with van der Waals surface area (Å²) in [6.45, 7) is 14.8. The molecular weight excluding hydrogens is 536 g/mol. The molecule has 0 spiro atoms. The predicted octanol–water partition coefficient (Wildman–Crippen LogP) is -0.629. The molecule has 0 aromatic heterocycles. The highest BCUT2D eigenvalue weighted by molar-refractivity contribution is 5.88. The molecule has 0 aliphatic heterocycles. The summed E-state index contributed by atoms with van der Waals surface area (Å²) in [6.07, 6.45) is 0.356. The van der Waals surface area contributed by atoms with E-state index in [2.05, 4.69) is 10.6 Å². The minimum absolute atomic E-state index is 0.0396. The normalized spacial score (nSPS) is 14.7. The molecule has 0 saturated heterocycles. The first kappa shape index (κ1) is 39.5. The average Bonchev–Trinajstić information content (AvgIpc) is 2.88. The molecule has 0 bridgehead atoms. The summed E-state index contributed by atoms with van der Waals surface area (Å²) >= 11 is 0. The van der Waals surface area contributed by atoms with Gasteiger partial charge in [-0.25, -0.2) is 0 Å². The number of Topliss-reactive ketones (excluding diaryl/α,β-unsaturated/α-hetero) is 2. The van der Waals surface area contributed by atoms with Crippen molar-refractivity contribution in [3.05, 3.63) is 5.21 Å². The molecule has 0 aromatic carbocycles. The number of carbonyl (C=O) groups excluding carboxylic acids is 2. The second-order valence-electron chi connectivity index (χ2n) is 11.6. The van der Waals surface area contributed by atoms with Crippen LogP contribution in [0.2, 0.25) is 0 Å². The van der Waals surface area contributed by atoms with Crippen LogP contribution in [0.5, 0.6) is 0 Å². The van der Waals surface area contributed by atoms with E-state index < -0.39 is 17.0 Å². The zero-order chi connectivity index (χ0) is 31.5. The largest absolute Gasteiger partial charge is 0.634 e. The molecule has 41 heavy (non-hydrogen) atoms. The zero-order valence-electron chi connectivity index (χ0n) is 26.5. The predicted molar refractivity (Wildman–Crippen MR) is 156 cm³/mol. The van der Waals surface area contributed by atoms with Crippen molar-refractivity contribution in [2.24, 2.45) is 5.92 Å². The van der Waals surface area contributed by atoms with Gasteiger partial charge in [-0.1, -0.05) is 6.92 Å². The monoisotopic (exact) mass is 592 g/mol. The van der Waals surface area contributed by atoms with E-state index in [9.17, 15) is 19.6 Å². The van der Waals surface area contributed by atoms with Gasteiger partial charge in [-0.3, -0.25) is 19.3 Å². The van der Waals surface area contributed by atoms with Crippen molar-refractivity contribution in [2.45, 2.75) is 65.1 Å². The Morgan fingerprint density at radius 3 is 2.12 bits per heavy atom. The van der Waals surface area contributed by atoms with Gasteiger partial charge in [-0.2, -0.15) is 0 Å². The number of carboxylic acids is 1. The van der Waals surface area contributed by atoms with Crippen molar-refractivity contribution in [2.75, 3.05) is 93.1 Å². The van der Waals surface area contributed by atoms with Crippen molar-refractivity contribution in [1.29, 1.82) is 0 Å². The van der Waals surface area contributed by atoms with E-state index in [1.807, 2.05) is 20.8 Å². The van der Waals surface area contributed by atoms with Crippen LogP contribution in [0.1, 0.15) is 48.0 Å². The number of nitrogens with one attached hydrogen (secondary N) is 3. The van der Waals surface area contributed by atoms with E-state index in [1.54, 1.807) is 32.9 Å². The number of carbonyl (C=O) groups is 3. The molecular formula is C28H56N4O9. The Labute approximate surface area is 246 Å². The van der Waals surface area contributed by atoms with Gasteiger partial charge < -0.3 is 45.0 Å². The number of ether oxygens (including phenoxy) is 4. The van der Waals surface area contributed by atoms with Crippen molar-refractivity contribution in [1.82, 2.24) is 15.5 Å². The molecule has 0 aliphatic rings. The molecule has 0 aromatic rings. The number of hydrogen-bond donors (Lipinski definition) is 4. The van der Waals surface area contributed by atoms with Crippen LogP contribution < -0.4 is 15.7 Å². The van der Waals surface area contributed by atoms with Crippen LogP contribution in [0, 0.1) is 11.1 Å². The van der Waals surface area contributed by atoms with Gasteiger partial charge in [-0.05, 0) is 41.7 Å². The van der Waals surface area contributed by atoms with Crippen LogP contribution in [0.25, 0.3) is 0 Å². The van der Waals surface area contributed by atoms with Crippen molar-refractivity contribution < 1.29 is 43.5 Å². The van der Waals surface area contributed by atoms with Crippen LogP contribution in [-0.2, 0) is 33.3 Å². The summed E-state index contributed by atoms with van der Waals surface area (Å²) in [6, 6.07) is 0. The molecule has 13 nitrogen and oxygen atoms in total. The molecule has 0 fully saturated rings. The number of hydroxylamine groups is 2. The maximum atomic E-state index is 12.5. The van der Waals surface area contributed by atoms with Gasteiger partial charge in [0.2, 0.25) is 0 Å². The van der Waals surface area contributed by atoms with Crippen LogP contribution in [0.15, 0.2) is 0 Å². The molecule has 13 heteroatoms. The van der Waals surface area contributed by atoms with Gasteiger partial charge in [0.1, 0.15) is 18.9 Å². The van der Waals surface area contributed by atoms with Gasteiger partial charge >= 0.3 is 5.97 Å². The Morgan fingerprint density at radius 1 is 0.951 bits per heavy atom. The number of hydrogen-bond acceptors (Lipinski definition) is 11. The highest BCUT2D eigenvalue weighted by Gasteiger charge is 2.30. The Kier molecular flexibility index (Phi) is 20.4. The van der Waals surface area contributed by atoms with Gasteiger partial charge in [0, 0.05) is 44.6 Å². The van der Waals surface area contributed by atoms with Gasteiger partial charge in [0.05, 0.1) is 57.8 Å². The summed E-state index contributed by atoms with van der Waals surface area (Å²) in [7, 11) is 3.35. The van der Waals surface area contributed by atoms with E-state index in [0.29, 0.717) is 65.6 Å². The first-order valence-corrected chi connectivity index (χ1v) is 14.3. The molecule has 242 valence electrons. The molecule has 0 rings (SSSR count). The van der Waals surface area contributed by atoms with Crippen molar-refractivity contribution in [3.8, 4) is 0 Å². The van der Waals surface area contributed by atoms with E-state index in [0.717, 1.165) is 0 Å². The number of rotatable bonds is 27. The standard InChI is InChI=1S/C28H56N4O9/c1-22(23(2)33)9-12-32(37)13-16-39-14-10-29-27(3,4)24(34)21-41-18-17-40-15-11-30-28(5,6)25(38-8)19-31(7)20-26(35)36/h22,25,29-30,32H,9-21H2,1-8H3,(H,35,36)/t22-,25?/m0/s1. The molecule has 0 saturated carbocycles. The fourth-order valence-corrected chi connectivity index (χ4v) is 3.83. The van der Waals surface area contributed by atoms with Crippen LogP contribution in [0.4, 0.5) is 0 Å². The van der Waals surface area contributed by atoms with Crippen molar-refractivity contribution in [3.63, 3.8) is 0 Å². The Bertz CT molecular complexity index is 752. The molecule has 0 aliphatic carbocycles. The number of methoxy groups -OCH3 is 1.